The van der Waals surface area contributed by atoms with Gasteiger partial charge in [0.1, 0.15) is 5.75 Å². The first-order chi connectivity index (χ1) is 10.4. The van der Waals surface area contributed by atoms with Crippen molar-refractivity contribution in [2.24, 2.45) is 0 Å². The fraction of sp³-hybridized carbons (Fsp3) is 0.0667. The average molecular weight is 339 g/mol. The van der Waals surface area contributed by atoms with Crippen LogP contribution in [0.5, 0.6) is 5.75 Å². The Morgan fingerprint density at radius 1 is 1.14 bits per heavy atom. The lowest BCUT2D eigenvalue weighted by molar-refractivity contribution is -0.255. The number of carboxylic acids is 1. The Balaban J connectivity index is 2.27. The van der Waals surface area contributed by atoms with E-state index in [-0.39, 0.29) is 21.9 Å². The number of nitrogens with one attached hydrogen (secondary N) is 1. The predicted octanol–water partition coefficient (Wildman–Crippen LogP) is 2.62. The topological polar surface area (TPSA) is 78.5 Å². The van der Waals surface area contributed by atoms with Gasteiger partial charge in [0.15, 0.2) is 0 Å². The summed E-state index contributed by atoms with van der Waals surface area (Å²) < 4.78 is 5.10. The molecule has 0 aliphatic carbocycles. The van der Waals surface area contributed by atoms with E-state index in [0.29, 0.717) is 10.7 Å². The maximum absolute atomic E-state index is 12.3. The van der Waals surface area contributed by atoms with Crippen molar-refractivity contribution in [1.82, 2.24) is 0 Å². The van der Waals surface area contributed by atoms with Crippen molar-refractivity contribution < 1.29 is 19.4 Å². The monoisotopic (exact) mass is 338 g/mol. The van der Waals surface area contributed by atoms with Gasteiger partial charge >= 0.3 is 0 Å². The molecule has 0 heterocycles. The second kappa shape index (κ2) is 6.68. The van der Waals surface area contributed by atoms with Crippen LogP contribution in [-0.4, -0.2) is 19.0 Å². The summed E-state index contributed by atoms with van der Waals surface area (Å²) in [5.74, 6) is -1.57. The fourth-order valence-corrected chi connectivity index (χ4v) is 2.40. The molecule has 22 heavy (non-hydrogen) atoms. The third-order valence-electron chi connectivity index (χ3n) is 2.84. The molecule has 0 spiro atoms. The number of hydrogen-bond acceptors (Lipinski definition) is 4. The molecule has 0 saturated carbocycles. The van der Waals surface area contributed by atoms with Crippen LogP contribution >= 0.6 is 23.2 Å². The number of benzene rings is 2. The van der Waals surface area contributed by atoms with Gasteiger partial charge in [0.05, 0.1) is 23.7 Å². The number of halogens is 2. The normalized spacial score (nSPS) is 10.1. The molecule has 5 nitrogen and oxygen atoms in total. The Kier molecular flexibility index (Phi) is 4.90. The number of carboxylic acid groups (broad SMARTS) is 1. The molecule has 0 aliphatic rings. The molecule has 0 atom stereocenters. The molecular formula is C15H10Cl2NO4-. The smallest absolute Gasteiger partial charge is 0.259 e. The molecule has 0 aromatic heterocycles. The summed E-state index contributed by atoms with van der Waals surface area (Å²) in [6, 6.07) is 8.44. The van der Waals surface area contributed by atoms with E-state index in [9.17, 15) is 14.7 Å². The molecule has 0 aliphatic heterocycles. The van der Waals surface area contributed by atoms with E-state index >= 15 is 0 Å². The summed E-state index contributed by atoms with van der Waals surface area (Å²) in [7, 11) is 1.39. The first-order valence-corrected chi connectivity index (χ1v) is 6.83. The lowest BCUT2D eigenvalue weighted by Crippen LogP contribution is -2.22. The van der Waals surface area contributed by atoms with E-state index in [1.54, 1.807) is 0 Å². The molecule has 0 radical (unpaired) electrons. The minimum atomic E-state index is -1.29. The third-order valence-corrected chi connectivity index (χ3v) is 3.33. The number of anilines is 1. The van der Waals surface area contributed by atoms with Gasteiger partial charge in [-0.25, -0.2) is 0 Å². The highest BCUT2D eigenvalue weighted by Crippen LogP contribution is 2.32. The van der Waals surface area contributed by atoms with Gasteiger partial charge in [0.2, 0.25) is 0 Å². The minimum Gasteiger partial charge on any atom is -0.545 e. The highest BCUT2D eigenvalue weighted by molar-refractivity contribution is 6.36. The molecule has 1 amide bonds. The molecule has 2 aromatic carbocycles. The molecule has 2 rings (SSSR count). The molecule has 0 bridgehead atoms. The van der Waals surface area contributed by atoms with Crippen LogP contribution < -0.4 is 15.2 Å². The number of methoxy groups -OCH3 is 1. The van der Waals surface area contributed by atoms with E-state index in [4.69, 9.17) is 27.9 Å². The van der Waals surface area contributed by atoms with Crippen LogP contribution in [0.1, 0.15) is 20.7 Å². The van der Waals surface area contributed by atoms with Gasteiger partial charge in [-0.2, -0.15) is 0 Å². The summed E-state index contributed by atoms with van der Waals surface area (Å²) in [4.78, 5) is 23.0. The molecule has 0 fully saturated rings. The van der Waals surface area contributed by atoms with Crippen molar-refractivity contribution in [2.45, 2.75) is 0 Å². The van der Waals surface area contributed by atoms with Crippen LogP contribution in [0, 0.1) is 0 Å². The summed E-state index contributed by atoms with van der Waals surface area (Å²) in [6.07, 6.45) is 0. The second-order valence-corrected chi connectivity index (χ2v) is 5.13. The van der Waals surface area contributed by atoms with Gasteiger partial charge in [-0.1, -0.05) is 35.3 Å². The van der Waals surface area contributed by atoms with Crippen LogP contribution in [0.15, 0.2) is 36.4 Å². The largest absolute Gasteiger partial charge is 0.545 e. The zero-order valence-electron chi connectivity index (χ0n) is 11.4. The Hall–Kier alpha value is -2.24. The van der Waals surface area contributed by atoms with Crippen LogP contribution in [0.4, 0.5) is 5.69 Å². The highest BCUT2D eigenvalue weighted by atomic mass is 35.5. The van der Waals surface area contributed by atoms with Crippen molar-refractivity contribution in [1.29, 1.82) is 0 Å². The number of carbonyl (C=O) groups is 2. The van der Waals surface area contributed by atoms with Crippen molar-refractivity contribution in [3.05, 3.63) is 57.6 Å². The predicted molar refractivity (Wildman–Crippen MR) is 81.7 cm³/mol. The Morgan fingerprint density at radius 2 is 1.77 bits per heavy atom. The van der Waals surface area contributed by atoms with Gasteiger partial charge in [0.25, 0.3) is 5.91 Å². The first-order valence-electron chi connectivity index (χ1n) is 6.08. The fourth-order valence-electron chi connectivity index (χ4n) is 1.82. The summed E-state index contributed by atoms with van der Waals surface area (Å²) >= 11 is 11.9. The van der Waals surface area contributed by atoms with Crippen molar-refractivity contribution in [3.63, 3.8) is 0 Å². The average Bonchev–Trinajstić information content (AvgIpc) is 2.47. The van der Waals surface area contributed by atoms with E-state index in [0.717, 1.165) is 0 Å². The SMILES string of the molecule is COc1c(Cl)cc(Cl)cc1C(=O)Nc1ccc(C(=O)[O-])cc1. The number of rotatable bonds is 4. The first kappa shape index (κ1) is 16.1. The summed E-state index contributed by atoms with van der Waals surface area (Å²) in [5, 5.41) is 13.8. The Bertz CT molecular complexity index is 729. The quantitative estimate of drug-likeness (QED) is 0.929. The lowest BCUT2D eigenvalue weighted by Gasteiger charge is -2.12. The van der Waals surface area contributed by atoms with Crippen molar-refractivity contribution in [2.75, 3.05) is 12.4 Å². The number of amides is 1. The maximum atomic E-state index is 12.3. The molecule has 1 N–H and O–H groups in total. The van der Waals surface area contributed by atoms with Crippen LogP contribution in [-0.2, 0) is 0 Å². The molecule has 0 unspecified atom stereocenters. The molecular weight excluding hydrogens is 329 g/mol. The van der Waals surface area contributed by atoms with E-state index < -0.39 is 11.9 Å². The highest BCUT2D eigenvalue weighted by Gasteiger charge is 2.17. The van der Waals surface area contributed by atoms with E-state index in [1.165, 1.54) is 43.5 Å². The molecule has 7 heteroatoms. The second-order valence-electron chi connectivity index (χ2n) is 4.29. The minimum absolute atomic E-state index is 0.0152. The number of hydrogen-bond donors (Lipinski definition) is 1. The zero-order chi connectivity index (χ0) is 16.3. The molecule has 0 saturated heterocycles. The lowest BCUT2D eigenvalue weighted by atomic mass is 10.1. The van der Waals surface area contributed by atoms with Crippen LogP contribution in [0.3, 0.4) is 0 Å². The van der Waals surface area contributed by atoms with Crippen molar-refractivity contribution in [3.8, 4) is 5.75 Å². The van der Waals surface area contributed by atoms with Crippen LogP contribution in [0.25, 0.3) is 0 Å². The maximum Gasteiger partial charge on any atom is 0.259 e. The van der Waals surface area contributed by atoms with E-state index in [2.05, 4.69) is 5.32 Å². The van der Waals surface area contributed by atoms with Gasteiger partial charge < -0.3 is 20.0 Å². The number of carbonyl (C=O) groups excluding carboxylic acids is 2. The summed E-state index contributed by atoms with van der Waals surface area (Å²) in [6.45, 7) is 0. The third kappa shape index (κ3) is 3.50. The van der Waals surface area contributed by atoms with Crippen molar-refractivity contribution >= 4 is 40.8 Å². The molecule has 2 aromatic rings. The number of ether oxygens (including phenoxy) is 1. The Labute approximate surface area is 136 Å². The Morgan fingerprint density at radius 3 is 2.32 bits per heavy atom. The molecule has 114 valence electrons. The number of aromatic carboxylic acids is 1. The van der Waals surface area contributed by atoms with E-state index in [1.807, 2.05) is 0 Å². The van der Waals surface area contributed by atoms with Gasteiger partial charge in [0, 0.05) is 10.7 Å². The summed E-state index contributed by atoms with van der Waals surface area (Å²) in [5.41, 5.74) is 0.596. The van der Waals surface area contributed by atoms with Crippen LogP contribution in [0.2, 0.25) is 10.0 Å². The van der Waals surface area contributed by atoms with Gasteiger partial charge in [-0.15, -0.1) is 0 Å². The van der Waals surface area contributed by atoms with Gasteiger partial charge in [-0.05, 0) is 29.8 Å². The standard InChI is InChI=1S/C15H11Cl2NO4/c1-22-13-11(6-9(16)7-12(13)17)14(19)18-10-4-2-8(3-5-10)15(20)21/h2-7H,1H3,(H,18,19)(H,20,21)/p-1. The van der Waals surface area contributed by atoms with Gasteiger partial charge in [-0.3, -0.25) is 4.79 Å². The zero-order valence-corrected chi connectivity index (χ0v) is 12.9.